The van der Waals surface area contributed by atoms with Gasteiger partial charge < -0.3 is 9.47 Å². The van der Waals surface area contributed by atoms with E-state index in [2.05, 4.69) is 4.98 Å². The third kappa shape index (κ3) is 2.93. The Balaban J connectivity index is 2.20. The van der Waals surface area contributed by atoms with Crippen LogP contribution in [0.25, 0.3) is 0 Å². The number of halogens is 1. The number of benzene rings is 1. The van der Waals surface area contributed by atoms with Crippen molar-refractivity contribution in [1.82, 2.24) is 4.98 Å². The molecule has 18 heavy (non-hydrogen) atoms. The molecule has 0 amide bonds. The number of alkyl halides is 1. The van der Waals surface area contributed by atoms with Crippen LogP contribution in [0.2, 0.25) is 0 Å². The van der Waals surface area contributed by atoms with Gasteiger partial charge in [-0.2, -0.15) is 0 Å². The highest BCUT2D eigenvalue weighted by atomic mass is 35.5. The summed E-state index contributed by atoms with van der Waals surface area (Å²) in [5.41, 5.74) is 1.89. The first-order valence-corrected chi connectivity index (χ1v) is 6.11. The van der Waals surface area contributed by atoms with Crippen LogP contribution in [0.4, 0.5) is 0 Å². The Hall–Kier alpha value is -1.74. The second-order valence-electron chi connectivity index (χ2n) is 3.81. The molecule has 0 saturated carbocycles. The normalized spacial score (nSPS) is 10.2. The van der Waals surface area contributed by atoms with Gasteiger partial charge in [-0.15, -0.1) is 11.6 Å². The Morgan fingerprint density at radius 2 is 1.94 bits per heavy atom. The molecule has 0 aliphatic rings. The number of pyridine rings is 1. The topological polar surface area (TPSA) is 31.4 Å². The van der Waals surface area contributed by atoms with Gasteiger partial charge in [-0.05, 0) is 24.6 Å². The highest BCUT2D eigenvalue weighted by Gasteiger charge is 2.03. The van der Waals surface area contributed by atoms with E-state index >= 15 is 0 Å². The summed E-state index contributed by atoms with van der Waals surface area (Å²) in [4.78, 5) is 4.35. The lowest BCUT2D eigenvalue weighted by Crippen LogP contribution is -1.94. The van der Waals surface area contributed by atoms with Crippen molar-refractivity contribution in [2.24, 2.45) is 0 Å². The maximum atomic E-state index is 5.79. The van der Waals surface area contributed by atoms with E-state index in [1.807, 2.05) is 43.3 Å². The van der Waals surface area contributed by atoms with Crippen LogP contribution in [0.15, 0.2) is 36.4 Å². The standard InChI is InChI=1S/C14H14ClNO2/c1-10-11(9-15)6-7-14(16-10)18-13-5-3-4-12(8-13)17-2/h3-8H,9H2,1-2H3. The van der Waals surface area contributed by atoms with Crippen molar-refractivity contribution >= 4 is 11.6 Å². The Bertz CT molecular complexity index is 543. The minimum atomic E-state index is 0.457. The summed E-state index contributed by atoms with van der Waals surface area (Å²) in [7, 11) is 1.62. The summed E-state index contributed by atoms with van der Waals surface area (Å²) in [6, 6.07) is 11.1. The molecule has 0 saturated heterocycles. The Morgan fingerprint density at radius 1 is 1.17 bits per heavy atom. The molecule has 0 aliphatic heterocycles. The fourth-order valence-corrected chi connectivity index (χ4v) is 1.83. The van der Waals surface area contributed by atoms with Crippen molar-refractivity contribution in [1.29, 1.82) is 0 Å². The molecule has 94 valence electrons. The predicted molar refractivity (Wildman–Crippen MR) is 71.6 cm³/mol. The van der Waals surface area contributed by atoms with E-state index in [4.69, 9.17) is 21.1 Å². The lowest BCUT2D eigenvalue weighted by molar-refractivity contribution is 0.407. The summed E-state index contributed by atoms with van der Waals surface area (Å²) in [5.74, 6) is 2.45. The fraction of sp³-hybridized carbons (Fsp3) is 0.214. The van der Waals surface area contributed by atoms with Crippen molar-refractivity contribution in [2.75, 3.05) is 7.11 Å². The van der Waals surface area contributed by atoms with Gasteiger partial charge in [0.2, 0.25) is 5.88 Å². The second kappa shape index (κ2) is 5.74. The lowest BCUT2D eigenvalue weighted by Gasteiger charge is -2.08. The van der Waals surface area contributed by atoms with E-state index in [0.717, 1.165) is 17.0 Å². The van der Waals surface area contributed by atoms with E-state index in [-0.39, 0.29) is 0 Å². The summed E-state index contributed by atoms with van der Waals surface area (Å²) >= 11 is 5.79. The van der Waals surface area contributed by atoms with Gasteiger partial charge in [0.15, 0.2) is 0 Å². The van der Waals surface area contributed by atoms with Crippen LogP contribution >= 0.6 is 11.6 Å². The zero-order valence-corrected chi connectivity index (χ0v) is 11.1. The van der Waals surface area contributed by atoms with Crippen LogP contribution in [-0.2, 0) is 5.88 Å². The minimum Gasteiger partial charge on any atom is -0.497 e. The SMILES string of the molecule is COc1cccc(Oc2ccc(CCl)c(C)n2)c1. The molecule has 4 heteroatoms. The number of nitrogens with zero attached hydrogens (tertiary/aromatic N) is 1. The van der Waals surface area contributed by atoms with Crippen LogP contribution in [0.5, 0.6) is 17.4 Å². The molecule has 1 aromatic carbocycles. The molecular weight excluding hydrogens is 250 g/mol. The first-order chi connectivity index (χ1) is 8.72. The monoisotopic (exact) mass is 263 g/mol. The van der Waals surface area contributed by atoms with Gasteiger partial charge in [-0.25, -0.2) is 4.98 Å². The van der Waals surface area contributed by atoms with E-state index in [9.17, 15) is 0 Å². The van der Waals surface area contributed by atoms with Crippen LogP contribution in [0.3, 0.4) is 0 Å². The van der Waals surface area contributed by atoms with Crippen LogP contribution in [-0.4, -0.2) is 12.1 Å². The van der Waals surface area contributed by atoms with Crippen molar-refractivity contribution in [3.05, 3.63) is 47.7 Å². The van der Waals surface area contributed by atoms with E-state index in [1.165, 1.54) is 0 Å². The van der Waals surface area contributed by atoms with Gasteiger partial charge >= 0.3 is 0 Å². The number of ether oxygens (including phenoxy) is 2. The molecule has 2 rings (SSSR count). The van der Waals surface area contributed by atoms with Crippen molar-refractivity contribution in [3.63, 3.8) is 0 Å². The average Bonchev–Trinajstić information content (AvgIpc) is 2.39. The first-order valence-electron chi connectivity index (χ1n) is 5.57. The highest BCUT2D eigenvalue weighted by molar-refractivity contribution is 6.17. The van der Waals surface area contributed by atoms with E-state index in [0.29, 0.717) is 17.5 Å². The third-order valence-corrected chi connectivity index (χ3v) is 2.87. The molecule has 0 aliphatic carbocycles. The van der Waals surface area contributed by atoms with Gasteiger partial charge in [0.25, 0.3) is 0 Å². The molecule has 2 aromatic rings. The summed E-state index contributed by atoms with van der Waals surface area (Å²) in [6.07, 6.45) is 0. The number of aromatic nitrogens is 1. The van der Waals surface area contributed by atoms with Crippen molar-refractivity contribution in [3.8, 4) is 17.4 Å². The average molecular weight is 264 g/mol. The largest absolute Gasteiger partial charge is 0.497 e. The minimum absolute atomic E-state index is 0.457. The van der Waals surface area contributed by atoms with Crippen molar-refractivity contribution < 1.29 is 9.47 Å². The molecule has 1 heterocycles. The van der Waals surface area contributed by atoms with Crippen LogP contribution in [0, 0.1) is 6.92 Å². The van der Waals surface area contributed by atoms with Crippen LogP contribution in [0.1, 0.15) is 11.3 Å². The molecule has 3 nitrogen and oxygen atoms in total. The predicted octanol–water partition coefficient (Wildman–Crippen LogP) is 3.93. The number of rotatable bonds is 4. The smallest absolute Gasteiger partial charge is 0.219 e. The molecule has 0 N–H and O–H groups in total. The summed E-state index contributed by atoms with van der Waals surface area (Å²) in [6.45, 7) is 1.91. The third-order valence-electron chi connectivity index (χ3n) is 2.58. The molecule has 0 atom stereocenters. The number of hydrogen-bond acceptors (Lipinski definition) is 3. The van der Waals surface area contributed by atoms with Gasteiger partial charge in [0.05, 0.1) is 7.11 Å². The first kappa shape index (κ1) is 12.7. The molecule has 0 bridgehead atoms. The Morgan fingerprint density at radius 3 is 2.61 bits per heavy atom. The Kier molecular flexibility index (Phi) is 4.05. The van der Waals surface area contributed by atoms with E-state index < -0.39 is 0 Å². The van der Waals surface area contributed by atoms with E-state index in [1.54, 1.807) is 7.11 Å². The number of hydrogen-bond donors (Lipinski definition) is 0. The van der Waals surface area contributed by atoms with Gasteiger partial charge in [0.1, 0.15) is 11.5 Å². The van der Waals surface area contributed by atoms with Crippen LogP contribution < -0.4 is 9.47 Å². The number of aryl methyl sites for hydroxylation is 1. The molecule has 0 unspecified atom stereocenters. The van der Waals surface area contributed by atoms with Crippen molar-refractivity contribution in [2.45, 2.75) is 12.8 Å². The lowest BCUT2D eigenvalue weighted by atomic mass is 10.2. The quantitative estimate of drug-likeness (QED) is 0.783. The molecule has 0 spiro atoms. The Labute approximate surface area is 111 Å². The maximum absolute atomic E-state index is 5.79. The zero-order valence-electron chi connectivity index (χ0n) is 10.3. The molecule has 0 radical (unpaired) electrons. The molecular formula is C14H14ClNO2. The molecule has 0 fully saturated rings. The van der Waals surface area contributed by atoms with Gasteiger partial charge in [-0.1, -0.05) is 12.1 Å². The maximum Gasteiger partial charge on any atom is 0.219 e. The number of methoxy groups -OCH3 is 1. The van der Waals surface area contributed by atoms with Gasteiger partial charge in [-0.3, -0.25) is 0 Å². The second-order valence-corrected chi connectivity index (χ2v) is 4.08. The zero-order chi connectivity index (χ0) is 13.0. The fourth-order valence-electron chi connectivity index (χ4n) is 1.55. The summed E-state index contributed by atoms with van der Waals surface area (Å²) in [5, 5.41) is 0. The molecule has 1 aromatic heterocycles. The highest BCUT2D eigenvalue weighted by Crippen LogP contribution is 2.24. The summed E-state index contributed by atoms with van der Waals surface area (Å²) < 4.78 is 10.8. The van der Waals surface area contributed by atoms with Gasteiger partial charge in [0, 0.05) is 23.7 Å².